The van der Waals surface area contributed by atoms with E-state index >= 15 is 0 Å². The van der Waals surface area contributed by atoms with Gasteiger partial charge in [0.1, 0.15) is 12.1 Å². The first-order chi connectivity index (χ1) is 16.2. The van der Waals surface area contributed by atoms with Crippen LogP contribution in [0.1, 0.15) is 29.8 Å². The van der Waals surface area contributed by atoms with E-state index in [2.05, 4.69) is 25.3 Å². The fourth-order valence-electron chi connectivity index (χ4n) is 4.21. The summed E-state index contributed by atoms with van der Waals surface area (Å²) in [5.41, 5.74) is 2.85. The number of rotatable bonds is 7. The van der Waals surface area contributed by atoms with Gasteiger partial charge in [0.2, 0.25) is 15.9 Å². The molecule has 1 aliphatic rings. The van der Waals surface area contributed by atoms with Crippen molar-refractivity contribution in [2.45, 2.75) is 38.0 Å². The van der Waals surface area contributed by atoms with E-state index in [4.69, 9.17) is 5.14 Å². The molecule has 34 heavy (non-hydrogen) atoms. The number of nitrogens with one attached hydrogen (secondary N) is 1. The van der Waals surface area contributed by atoms with Gasteiger partial charge in [-0.15, -0.1) is 0 Å². The lowest BCUT2D eigenvalue weighted by Crippen LogP contribution is -2.43. The number of carbonyl (C=O) groups is 1. The summed E-state index contributed by atoms with van der Waals surface area (Å²) in [5.74, 6) is 1.37. The first-order valence-corrected chi connectivity index (χ1v) is 12.8. The number of amides is 1. The van der Waals surface area contributed by atoms with Crippen molar-refractivity contribution in [3.8, 4) is 5.82 Å². The second kappa shape index (κ2) is 9.90. The van der Waals surface area contributed by atoms with Crippen LogP contribution < -0.4 is 15.4 Å². The average molecular weight is 484 g/mol. The molecule has 3 heterocycles. The lowest BCUT2D eigenvalue weighted by Gasteiger charge is -2.33. The van der Waals surface area contributed by atoms with Crippen molar-refractivity contribution in [2.75, 3.05) is 24.5 Å². The maximum Gasteiger partial charge on any atom is 0.238 e. The molecule has 0 radical (unpaired) electrons. The molecule has 4 rings (SSSR count). The van der Waals surface area contributed by atoms with Gasteiger partial charge < -0.3 is 10.2 Å². The third-order valence-corrected chi connectivity index (χ3v) is 6.88. The second-order valence-electron chi connectivity index (χ2n) is 8.59. The van der Waals surface area contributed by atoms with Crippen LogP contribution in [0.4, 0.5) is 5.82 Å². The fraction of sp³-hybridized carbons (Fsp3) is 0.391. The molecule has 180 valence electrons. The monoisotopic (exact) mass is 483 g/mol. The number of hydrogen-bond donors (Lipinski definition) is 2. The van der Waals surface area contributed by atoms with Crippen LogP contribution in [0.3, 0.4) is 0 Å². The van der Waals surface area contributed by atoms with Crippen LogP contribution in [-0.2, 0) is 21.2 Å². The van der Waals surface area contributed by atoms with E-state index in [1.54, 1.807) is 16.8 Å². The first kappa shape index (κ1) is 23.8. The minimum absolute atomic E-state index is 0.0127. The molecular formula is C23H29N7O3S. The van der Waals surface area contributed by atoms with Gasteiger partial charge in [-0.1, -0.05) is 12.1 Å². The molecule has 1 unspecified atom stereocenters. The summed E-state index contributed by atoms with van der Waals surface area (Å²) in [6.45, 7) is 5.81. The van der Waals surface area contributed by atoms with Crippen LogP contribution in [-0.4, -0.2) is 53.7 Å². The van der Waals surface area contributed by atoms with Crippen LogP contribution in [0.25, 0.3) is 5.82 Å². The predicted molar refractivity (Wildman–Crippen MR) is 128 cm³/mol. The van der Waals surface area contributed by atoms with Gasteiger partial charge in [-0.25, -0.2) is 28.2 Å². The highest BCUT2D eigenvalue weighted by Gasteiger charge is 2.26. The molecule has 10 nitrogen and oxygen atoms in total. The van der Waals surface area contributed by atoms with Crippen molar-refractivity contribution in [1.82, 2.24) is 25.1 Å². The summed E-state index contributed by atoms with van der Waals surface area (Å²) in [5, 5.41) is 12.6. The Bertz CT molecular complexity index is 1270. The Hall–Kier alpha value is -3.31. The van der Waals surface area contributed by atoms with Crippen LogP contribution >= 0.6 is 0 Å². The van der Waals surface area contributed by atoms with Crippen molar-refractivity contribution in [2.24, 2.45) is 11.1 Å². The summed E-state index contributed by atoms with van der Waals surface area (Å²) in [6.07, 6.45) is 3.85. The molecule has 3 N–H and O–H groups in total. The summed E-state index contributed by atoms with van der Waals surface area (Å²) in [6, 6.07) is 10.3. The second-order valence-corrected chi connectivity index (χ2v) is 10.1. The molecule has 3 aromatic rings. The maximum absolute atomic E-state index is 12.8. The molecule has 0 aliphatic carbocycles. The third-order valence-electron chi connectivity index (χ3n) is 5.95. The number of aromatic nitrogens is 4. The van der Waals surface area contributed by atoms with Crippen molar-refractivity contribution >= 4 is 21.7 Å². The van der Waals surface area contributed by atoms with E-state index in [-0.39, 0.29) is 16.7 Å². The summed E-state index contributed by atoms with van der Waals surface area (Å²) in [4.78, 5) is 23.8. The standard InChI is InChI=1S/C23H29N7O3S/c1-16-12-17(2)30(28-16)22-13-21(26-15-27-22)29-11-3-4-19(14-29)23(31)25-10-9-18-5-7-20(8-6-18)34(24,32)33/h5-8,12-13,15,19H,3-4,9-11,14H2,1-2H3,(H,25,31)(H2,24,32,33). The lowest BCUT2D eigenvalue weighted by atomic mass is 9.97. The highest BCUT2D eigenvalue weighted by molar-refractivity contribution is 7.89. The van der Waals surface area contributed by atoms with Crippen molar-refractivity contribution in [1.29, 1.82) is 0 Å². The van der Waals surface area contributed by atoms with E-state index in [1.807, 2.05) is 26.0 Å². The zero-order chi connectivity index (χ0) is 24.3. The van der Waals surface area contributed by atoms with Crippen molar-refractivity contribution < 1.29 is 13.2 Å². The Kier molecular flexibility index (Phi) is 6.94. The summed E-state index contributed by atoms with van der Waals surface area (Å²) < 4.78 is 24.5. The maximum atomic E-state index is 12.8. The smallest absolute Gasteiger partial charge is 0.238 e. The van der Waals surface area contributed by atoms with Gasteiger partial charge in [-0.2, -0.15) is 5.10 Å². The number of sulfonamides is 1. The highest BCUT2D eigenvalue weighted by Crippen LogP contribution is 2.23. The van der Waals surface area contributed by atoms with Crippen LogP contribution in [0.5, 0.6) is 0 Å². The minimum atomic E-state index is -3.70. The van der Waals surface area contributed by atoms with E-state index in [0.29, 0.717) is 25.3 Å². The predicted octanol–water partition coefficient (Wildman–Crippen LogP) is 1.50. The molecule has 1 aromatic carbocycles. The SMILES string of the molecule is Cc1cc(C)n(-c2cc(N3CCCC(C(=O)NCCc4ccc(S(N)(=O)=O)cc4)C3)ncn2)n1. The quantitative estimate of drug-likeness (QED) is 0.520. The highest BCUT2D eigenvalue weighted by atomic mass is 32.2. The Labute approximate surface area is 199 Å². The molecule has 11 heteroatoms. The van der Waals surface area contributed by atoms with Crippen LogP contribution in [0.15, 0.2) is 47.6 Å². The number of primary sulfonamides is 1. The number of aryl methyl sites for hydroxylation is 2. The average Bonchev–Trinajstić information content (AvgIpc) is 3.17. The Morgan fingerprint density at radius 3 is 2.56 bits per heavy atom. The largest absolute Gasteiger partial charge is 0.356 e. The number of anilines is 1. The number of nitrogens with zero attached hydrogens (tertiary/aromatic N) is 5. The van der Waals surface area contributed by atoms with Crippen molar-refractivity contribution in [3.63, 3.8) is 0 Å². The number of piperidine rings is 1. The van der Waals surface area contributed by atoms with Gasteiger partial charge in [0.25, 0.3) is 0 Å². The molecule has 0 spiro atoms. The number of carbonyl (C=O) groups excluding carboxylic acids is 1. The first-order valence-electron chi connectivity index (χ1n) is 11.2. The summed E-state index contributed by atoms with van der Waals surface area (Å²) >= 11 is 0. The van der Waals surface area contributed by atoms with Crippen LogP contribution in [0.2, 0.25) is 0 Å². The van der Waals surface area contributed by atoms with Gasteiger partial charge in [0.05, 0.1) is 16.5 Å². The van der Waals surface area contributed by atoms with E-state index in [0.717, 1.165) is 42.2 Å². The molecule has 1 saturated heterocycles. The fourth-order valence-corrected chi connectivity index (χ4v) is 4.72. The molecule has 1 fully saturated rings. The van der Waals surface area contributed by atoms with Crippen molar-refractivity contribution in [3.05, 3.63) is 59.7 Å². The molecule has 1 amide bonds. The molecule has 1 atom stereocenters. The number of nitrogens with two attached hydrogens (primary N) is 1. The summed E-state index contributed by atoms with van der Waals surface area (Å²) in [7, 11) is -3.70. The number of hydrogen-bond acceptors (Lipinski definition) is 7. The van der Waals surface area contributed by atoms with Gasteiger partial charge in [0, 0.05) is 31.4 Å². The minimum Gasteiger partial charge on any atom is -0.356 e. The van der Waals surface area contributed by atoms with Crippen LogP contribution in [0, 0.1) is 19.8 Å². The Morgan fingerprint density at radius 1 is 1.15 bits per heavy atom. The lowest BCUT2D eigenvalue weighted by molar-refractivity contribution is -0.125. The van der Waals surface area contributed by atoms with E-state index < -0.39 is 10.0 Å². The number of benzene rings is 1. The van der Waals surface area contributed by atoms with Gasteiger partial charge in [-0.3, -0.25) is 4.79 Å². The Balaban J connectivity index is 1.34. The Morgan fingerprint density at radius 2 is 1.88 bits per heavy atom. The zero-order valence-corrected chi connectivity index (χ0v) is 20.1. The molecule has 0 saturated carbocycles. The van der Waals surface area contributed by atoms with E-state index in [1.165, 1.54) is 18.5 Å². The van der Waals surface area contributed by atoms with E-state index in [9.17, 15) is 13.2 Å². The normalized spacial score (nSPS) is 16.4. The molecule has 1 aliphatic heterocycles. The molecule has 2 aromatic heterocycles. The van der Waals surface area contributed by atoms with Gasteiger partial charge in [-0.05, 0) is 56.9 Å². The van der Waals surface area contributed by atoms with Gasteiger partial charge in [0.15, 0.2) is 5.82 Å². The molecule has 0 bridgehead atoms. The molecular weight excluding hydrogens is 454 g/mol. The third kappa shape index (κ3) is 5.60. The topological polar surface area (TPSA) is 136 Å². The van der Waals surface area contributed by atoms with Gasteiger partial charge >= 0.3 is 0 Å². The zero-order valence-electron chi connectivity index (χ0n) is 19.3.